The number of halogens is 3. The van der Waals surface area contributed by atoms with E-state index >= 15 is 0 Å². The molecule has 4 heteroatoms. The van der Waals surface area contributed by atoms with Crippen LogP contribution in [0.3, 0.4) is 0 Å². The monoisotopic (exact) mass is 281 g/mol. The minimum Gasteiger partial charge on any atom is -0.316 e. The maximum absolute atomic E-state index is 12.9. The molecule has 2 N–H and O–H groups in total. The summed E-state index contributed by atoms with van der Waals surface area (Å²) in [5.74, 6) is 0. The lowest BCUT2D eigenvalue weighted by atomic mass is 9.94. The zero-order chi connectivity index (χ0) is 14.8. The second-order valence-corrected chi connectivity index (χ2v) is 5.03. The van der Waals surface area contributed by atoms with Gasteiger partial charge in [0.1, 0.15) is 6.04 Å². The van der Waals surface area contributed by atoms with Gasteiger partial charge in [-0.3, -0.25) is 0 Å². The zero-order valence-corrected chi connectivity index (χ0v) is 11.4. The van der Waals surface area contributed by atoms with Gasteiger partial charge < -0.3 is 5.73 Å². The van der Waals surface area contributed by atoms with Crippen molar-refractivity contribution >= 4 is 10.8 Å². The molecule has 108 valence electrons. The summed E-state index contributed by atoms with van der Waals surface area (Å²) in [6.45, 7) is 2.06. The summed E-state index contributed by atoms with van der Waals surface area (Å²) in [5, 5.41) is 1.40. The van der Waals surface area contributed by atoms with E-state index in [4.69, 9.17) is 5.73 Å². The van der Waals surface area contributed by atoms with Crippen molar-refractivity contribution in [2.24, 2.45) is 5.73 Å². The minimum atomic E-state index is -4.42. The van der Waals surface area contributed by atoms with Gasteiger partial charge in [0, 0.05) is 0 Å². The number of unbranched alkanes of at least 4 members (excludes halogenated alkanes) is 1. The first-order valence-corrected chi connectivity index (χ1v) is 6.77. The van der Waals surface area contributed by atoms with Gasteiger partial charge in [-0.25, -0.2) is 0 Å². The highest BCUT2D eigenvalue weighted by molar-refractivity contribution is 5.87. The molecule has 20 heavy (non-hydrogen) atoms. The predicted molar refractivity (Wildman–Crippen MR) is 75.5 cm³/mol. The third-order valence-corrected chi connectivity index (χ3v) is 3.46. The molecular weight excluding hydrogens is 263 g/mol. The van der Waals surface area contributed by atoms with E-state index in [0.717, 1.165) is 30.2 Å². The summed E-state index contributed by atoms with van der Waals surface area (Å²) in [5.41, 5.74) is 6.50. The highest BCUT2D eigenvalue weighted by Crippen LogP contribution is 2.35. The number of hydrogen-bond acceptors (Lipinski definition) is 1. The topological polar surface area (TPSA) is 26.0 Å². The second-order valence-electron chi connectivity index (χ2n) is 5.03. The molecule has 0 unspecified atom stereocenters. The van der Waals surface area contributed by atoms with Gasteiger partial charge in [-0.2, -0.15) is 13.2 Å². The van der Waals surface area contributed by atoms with Gasteiger partial charge in [-0.05, 0) is 34.7 Å². The Balaban J connectivity index is 2.55. The van der Waals surface area contributed by atoms with Crippen LogP contribution in [0.2, 0.25) is 0 Å². The van der Waals surface area contributed by atoms with Crippen LogP contribution >= 0.6 is 0 Å². The van der Waals surface area contributed by atoms with E-state index in [1.165, 1.54) is 0 Å². The van der Waals surface area contributed by atoms with Crippen LogP contribution in [0.4, 0.5) is 13.2 Å². The normalized spacial score (nSPS) is 13.7. The Labute approximate surface area is 116 Å². The summed E-state index contributed by atoms with van der Waals surface area (Å²) < 4.78 is 38.8. The Kier molecular flexibility index (Phi) is 4.33. The van der Waals surface area contributed by atoms with Crippen LogP contribution in [0.1, 0.15) is 36.9 Å². The van der Waals surface area contributed by atoms with Gasteiger partial charge in [0.15, 0.2) is 0 Å². The minimum absolute atomic E-state index is 0.168. The van der Waals surface area contributed by atoms with Gasteiger partial charge in [0.2, 0.25) is 0 Å². The second kappa shape index (κ2) is 5.83. The molecule has 0 bridgehead atoms. The van der Waals surface area contributed by atoms with E-state index < -0.39 is 12.2 Å². The standard InChI is InChI=1S/C16H18F3N/c1-2-3-6-11-9-12-7-4-5-8-13(12)14(10-11)15(20)16(17,18)19/h4-5,7-10,15H,2-3,6,20H2,1H3/t15-/m0/s1. The Hall–Kier alpha value is -1.55. The van der Waals surface area contributed by atoms with Crippen molar-refractivity contribution in [3.05, 3.63) is 47.5 Å². The molecule has 2 rings (SSSR count). The fourth-order valence-corrected chi connectivity index (χ4v) is 2.36. The lowest BCUT2D eigenvalue weighted by Gasteiger charge is -2.19. The Morgan fingerprint density at radius 3 is 2.50 bits per heavy atom. The first kappa shape index (κ1) is 14.9. The highest BCUT2D eigenvalue weighted by Gasteiger charge is 2.38. The van der Waals surface area contributed by atoms with E-state index in [2.05, 4.69) is 6.92 Å². The summed E-state index contributed by atoms with van der Waals surface area (Å²) in [7, 11) is 0. The molecule has 0 aromatic heterocycles. The third kappa shape index (κ3) is 3.12. The molecule has 1 atom stereocenters. The average molecular weight is 281 g/mol. The lowest BCUT2D eigenvalue weighted by Crippen LogP contribution is -2.28. The van der Waals surface area contributed by atoms with E-state index in [0.29, 0.717) is 5.39 Å². The molecule has 0 saturated carbocycles. The van der Waals surface area contributed by atoms with Gasteiger partial charge in [0.05, 0.1) is 0 Å². The van der Waals surface area contributed by atoms with Crippen molar-refractivity contribution in [2.75, 3.05) is 0 Å². The number of fused-ring (bicyclic) bond motifs is 1. The van der Waals surface area contributed by atoms with Crippen molar-refractivity contribution in [2.45, 2.75) is 38.4 Å². The number of benzene rings is 2. The maximum Gasteiger partial charge on any atom is 0.407 e. The van der Waals surface area contributed by atoms with Crippen LogP contribution in [0, 0.1) is 0 Å². The fraction of sp³-hybridized carbons (Fsp3) is 0.375. The Morgan fingerprint density at radius 1 is 1.15 bits per heavy atom. The molecule has 0 spiro atoms. The van der Waals surface area contributed by atoms with Crippen molar-refractivity contribution in [3.8, 4) is 0 Å². The molecule has 0 radical (unpaired) electrons. The maximum atomic E-state index is 12.9. The molecule has 2 aromatic rings. The lowest BCUT2D eigenvalue weighted by molar-refractivity contribution is -0.148. The largest absolute Gasteiger partial charge is 0.407 e. The van der Waals surface area contributed by atoms with E-state index in [1.807, 2.05) is 18.2 Å². The van der Waals surface area contributed by atoms with E-state index in [-0.39, 0.29) is 5.56 Å². The van der Waals surface area contributed by atoms with Crippen LogP contribution < -0.4 is 5.73 Å². The summed E-state index contributed by atoms with van der Waals surface area (Å²) in [4.78, 5) is 0. The van der Waals surface area contributed by atoms with E-state index in [9.17, 15) is 13.2 Å². The summed E-state index contributed by atoms with van der Waals surface area (Å²) in [6, 6.07) is 8.72. The quantitative estimate of drug-likeness (QED) is 0.860. The molecule has 0 aliphatic carbocycles. The number of rotatable bonds is 4. The molecule has 0 saturated heterocycles. The van der Waals surface area contributed by atoms with Crippen LogP contribution in [-0.4, -0.2) is 6.18 Å². The van der Waals surface area contributed by atoms with Crippen LogP contribution in [-0.2, 0) is 6.42 Å². The fourth-order valence-electron chi connectivity index (χ4n) is 2.36. The zero-order valence-electron chi connectivity index (χ0n) is 11.4. The number of alkyl halides is 3. The first-order chi connectivity index (χ1) is 9.43. The van der Waals surface area contributed by atoms with Gasteiger partial charge in [-0.1, -0.05) is 49.7 Å². The molecular formula is C16H18F3N. The smallest absolute Gasteiger partial charge is 0.316 e. The molecule has 0 amide bonds. The van der Waals surface area contributed by atoms with E-state index in [1.54, 1.807) is 18.2 Å². The predicted octanol–water partition coefficient (Wildman–Crippen LogP) is 4.74. The van der Waals surface area contributed by atoms with Crippen molar-refractivity contribution < 1.29 is 13.2 Å². The average Bonchev–Trinajstić information content (AvgIpc) is 2.42. The van der Waals surface area contributed by atoms with Crippen molar-refractivity contribution in [1.29, 1.82) is 0 Å². The van der Waals surface area contributed by atoms with Gasteiger partial charge >= 0.3 is 6.18 Å². The SMILES string of the molecule is CCCCc1cc([C@H](N)C(F)(F)F)c2ccccc2c1. The Bertz CT molecular complexity index is 590. The van der Waals surface area contributed by atoms with Crippen molar-refractivity contribution in [3.63, 3.8) is 0 Å². The number of aryl methyl sites for hydroxylation is 1. The van der Waals surface area contributed by atoms with Crippen molar-refractivity contribution in [1.82, 2.24) is 0 Å². The molecule has 0 aliphatic heterocycles. The molecule has 1 nitrogen and oxygen atoms in total. The Morgan fingerprint density at radius 2 is 1.85 bits per heavy atom. The van der Waals surface area contributed by atoms with Gasteiger partial charge in [-0.15, -0.1) is 0 Å². The highest BCUT2D eigenvalue weighted by atomic mass is 19.4. The molecule has 2 aromatic carbocycles. The first-order valence-electron chi connectivity index (χ1n) is 6.77. The molecule has 0 aliphatic rings. The number of nitrogens with two attached hydrogens (primary N) is 1. The molecule has 0 heterocycles. The van der Waals surface area contributed by atoms with Crippen LogP contribution in [0.25, 0.3) is 10.8 Å². The third-order valence-electron chi connectivity index (χ3n) is 3.46. The summed E-state index contributed by atoms with van der Waals surface area (Å²) >= 11 is 0. The van der Waals surface area contributed by atoms with Crippen LogP contribution in [0.5, 0.6) is 0 Å². The number of hydrogen-bond donors (Lipinski definition) is 1. The van der Waals surface area contributed by atoms with Gasteiger partial charge in [0.25, 0.3) is 0 Å². The summed E-state index contributed by atoms with van der Waals surface area (Å²) in [6.07, 6.45) is -1.68. The van der Waals surface area contributed by atoms with Crippen LogP contribution in [0.15, 0.2) is 36.4 Å². The molecule has 0 fully saturated rings.